The van der Waals surface area contributed by atoms with E-state index in [1.807, 2.05) is 0 Å². The molecule has 142 valence electrons. The lowest BCUT2D eigenvalue weighted by Crippen LogP contribution is -2.21. The van der Waals surface area contributed by atoms with Gasteiger partial charge in [-0.2, -0.15) is 0 Å². The molecule has 0 fully saturated rings. The predicted octanol–water partition coefficient (Wildman–Crippen LogP) is 4.65. The molecule has 5 nitrogen and oxygen atoms in total. The Morgan fingerprint density at radius 1 is 0.964 bits per heavy atom. The largest absolute Gasteiger partial charge is 0.508 e. The summed E-state index contributed by atoms with van der Waals surface area (Å²) in [6.45, 7) is -0.508. The van der Waals surface area contributed by atoms with Crippen LogP contribution >= 0.6 is 11.6 Å². The molecule has 2 N–H and O–H groups in total. The third-order valence-corrected chi connectivity index (χ3v) is 4.17. The zero-order valence-electron chi connectivity index (χ0n) is 14.5. The number of carbonyl (C=O) groups excluding carboxylic acids is 2. The fourth-order valence-electron chi connectivity index (χ4n) is 2.44. The Kier molecular flexibility index (Phi) is 5.91. The standard InChI is InChI=1S/C21H15ClFNO4/c22-18-11-16(23)7-10-19(18)24-20(26)12-28-21(27)15-3-1-13(2-4-15)14-5-8-17(25)9-6-14/h1-11,25H,12H2,(H,24,26). The van der Waals surface area contributed by atoms with E-state index >= 15 is 0 Å². The molecule has 7 heteroatoms. The van der Waals surface area contributed by atoms with Crippen molar-refractivity contribution in [1.82, 2.24) is 0 Å². The molecule has 0 aromatic heterocycles. The molecule has 0 atom stereocenters. The number of esters is 1. The molecule has 0 saturated heterocycles. The number of hydrogen-bond donors (Lipinski definition) is 2. The first kappa shape index (κ1) is 19.4. The van der Waals surface area contributed by atoms with Crippen molar-refractivity contribution in [2.24, 2.45) is 0 Å². The molecular weight excluding hydrogens is 385 g/mol. The maximum absolute atomic E-state index is 13.0. The highest BCUT2D eigenvalue weighted by Gasteiger charge is 2.12. The van der Waals surface area contributed by atoms with Crippen LogP contribution in [0, 0.1) is 5.82 Å². The predicted molar refractivity (Wildman–Crippen MR) is 104 cm³/mol. The number of anilines is 1. The molecule has 0 bridgehead atoms. The Balaban J connectivity index is 1.57. The van der Waals surface area contributed by atoms with Crippen molar-refractivity contribution in [3.05, 3.63) is 83.1 Å². The summed E-state index contributed by atoms with van der Waals surface area (Å²) < 4.78 is 18.0. The van der Waals surface area contributed by atoms with E-state index in [0.29, 0.717) is 0 Å². The number of carbonyl (C=O) groups is 2. The van der Waals surface area contributed by atoms with Gasteiger partial charge in [0.15, 0.2) is 6.61 Å². The summed E-state index contributed by atoms with van der Waals surface area (Å²) in [5.41, 5.74) is 2.26. The first-order chi connectivity index (χ1) is 13.4. The van der Waals surface area contributed by atoms with Crippen LogP contribution in [-0.2, 0) is 9.53 Å². The van der Waals surface area contributed by atoms with Gasteiger partial charge in [-0.25, -0.2) is 9.18 Å². The zero-order chi connectivity index (χ0) is 20.1. The SMILES string of the molecule is O=C(COC(=O)c1ccc(-c2ccc(O)cc2)cc1)Nc1ccc(F)cc1Cl. The number of nitrogens with one attached hydrogen (secondary N) is 1. The Morgan fingerprint density at radius 2 is 1.57 bits per heavy atom. The van der Waals surface area contributed by atoms with Crippen molar-refractivity contribution in [2.75, 3.05) is 11.9 Å². The quantitative estimate of drug-likeness (QED) is 0.612. The minimum Gasteiger partial charge on any atom is -0.508 e. The smallest absolute Gasteiger partial charge is 0.338 e. The van der Waals surface area contributed by atoms with Crippen molar-refractivity contribution in [2.45, 2.75) is 0 Å². The van der Waals surface area contributed by atoms with E-state index < -0.39 is 24.3 Å². The second-order valence-electron chi connectivity index (χ2n) is 5.87. The van der Waals surface area contributed by atoms with Gasteiger partial charge in [-0.15, -0.1) is 0 Å². The second-order valence-corrected chi connectivity index (χ2v) is 6.28. The van der Waals surface area contributed by atoms with Crippen LogP contribution in [0.3, 0.4) is 0 Å². The van der Waals surface area contributed by atoms with Crippen LogP contribution in [0.5, 0.6) is 5.75 Å². The first-order valence-corrected chi connectivity index (χ1v) is 8.61. The molecule has 0 aliphatic heterocycles. The number of benzene rings is 3. The van der Waals surface area contributed by atoms with Gasteiger partial charge in [0.2, 0.25) is 0 Å². The fraction of sp³-hybridized carbons (Fsp3) is 0.0476. The van der Waals surface area contributed by atoms with Crippen molar-refractivity contribution in [3.8, 4) is 16.9 Å². The number of amides is 1. The van der Waals surface area contributed by atoms with Gasteiger partial charge in [-0.3, -0.25) is 4.79 Å². The minimum atomic E-state index is -0.655. The Morgan fingerprint density at radius 3 is 2.18 bits per heavy atom. The topological polar surface area (TPSA) is 75.6 Å². The molecular formula is C21H15ClFNO4. The van der Waals surface area contributed by atoms with Gasteiger partial charge >= 0.3 is 5.97 Å². The molecule has 0 saturated carbocycles. The summed E-state index contributed by atoms with van der Waals surface area (Å²) in [4.78, 5) is 24.0. The zero-order valence-corrected chi connectivity index (χ0v) is 15.2. The van der Waals surface area contributed by atoms with Crippen molar-refractivity contribution in [3.63, 3.8) is 0 Å². The summed E-state index contributed by atoms with van der Waals surface area (Å²) in [5, 5.41) is 11.8. The number of rotatable bonds is 5. The summed E-state index contributed by atoms with van der Waals surface area (Å²) >= 11 is 5.83. The fourth-order valence-corrected chi connectivity index (χ4v) is 2.66. The van der Waals surface area contributed by atoms with Crippen LogP contribution in [0.2, 0.25) is 5.02 Å². The van der Waals surface area contributed by atoms with Gasteiger partial charge < -0.3 is 15.2 Å². The van der Waals surface area contributed by atoms with Gasteiger partial charge in [0, 0.05) is 0 Å². The molecule has 0 spiro atoms. The molecule has 0 heterocycles. The Labute approximate surface area is 165 Å². The third kappa shape index (κ3) is 4.86. The normalized spacial score (nSPS) is 10.4. The molecule has 3 rings (SSSR count). The van der Waals surface area contributed by atoms with E-state index in [1.54, 1.807) is 48.5 Å². The van der Waals surface area contributed by atoms with Crippen LogP contribution < -0.4 is 5.32 Å². The van der Waals surface area contributed by atoms with Crippen LogP contribution in [0.15, 0.2) is 66.7 Å². The van der Waals surface area contributed by atoms with E-state index in [2.05, 4.69) is 5.32 Å². The van der Waals surface area contributed by atoms with Gasteiger partial charge in [-0.05, 0) is 53.6 Å². The molecule has 0 aliphatic rings. The number of ether oxygens (including phenoxy) is 1. The molecule has 3 aromatic rings. The Bertz CT molecular complexity index is 1000. The number of phenolic OH excluding ortho intramolecular Hbond substituents is 1. The highest BCUT2D eigenvalue weighted by molar-refractivity contribution is 6.33. The van der Waals surface area contributed by atoms with Crippen molar-refractivity contribution in [1.29, 1.82) is 0 Å². The number of hydrogen-bond acceptors (Lipinski definition) is 4. The van der Waals surface area contributed by atoms with Crippen LogP contribution in [0.1, 0.15) is 10.4 Å². The van der Waals surface area contributed by atoms with Crippen LogP contribution in [0.4, 0.5) is 10.1 Å². The number of phenols is 1. The third-order valence-electron chi connectivity index (χ3n) is 3.86. The summed E-state index contributed by atoms with van der Waals surface area (Å²) in [5.74, 6) is -1.60. The van der Waals surface area contributed by atoms with Crippen LogP contribution in [0.25, 0.3) is 11.1 Å². The van der Waals surface area contributed by atoms with Gasteiger partial charge in [0.1, 0.15) is 11.6 Å². The van der Waals surface area contributed by atoms with Crippen molar-refractivity contribution >= 4 is 29.2 Å². The van der Waals surface area contributed by atoms with Crippen LogP contribution in [-0.4, -0.2) is 23.6 Å². The molecule has 1 amide bonds. The molecule has 28 heavy (non-hydrogen) atoms. The highest BCUT2D eigenvalue weighted by atomic mass is 35.5. The second kappa shape index (κ2) is 8.54. The molecule has 0 unspecified atom stereocenters. The first-order valence-electron chi connectivity index (χ1n) is 8.24. The average molecular weight is 400 g/mol. The maximum Gasteiger partial charge on any atom is 0.338 e. The molecule has 3 aromatic carbocycles. The average Bonchev–Trinajstić information content (AvgIpc) is 2.69. The maximum atomic E-state index is 13.0. The lowest BCUT2D eigenvalue weighted by molar-refractivity contribution is -0.119. The summed E-state index contributed by atoms with van der Waals surface area (Å²) in [6, 6.07) is 16.8. The summed E-state index contributed by atoms with van der Waals surface area (Å²) in [7, 11) is 0. The molecule has 0 radical (unpaired) electrons. The molecule has 0 aliphatic carbocycles. The van der Waals surface area contributed by atoms with Gasteiger partial charge in [-0.1, -0.05) is 35.9 Å². The lowest BCUT2D eigenvalue weighted by Gasteiger charge is -2.08. The monoisotopic (exact) mass is 399 g/mol. The summed E-state index contributed by atoms with van der Waals surface area (Å²) in [6.07, 6.45) is 0. The number of aromatic hydroxyl groups is 1. The van der Waals surface area contributed by atoms with E-state index in [-0.39, 0.29) is 22.0 Å². The highest BCUT2D eigenvalue weighted by Crippen LogP contribution is 2.23. The minimum absolute atomic E-state index is 0.0458. The van der Waals surface area contributed by atoms with Gasteiger partial charge in [0.25, 0.3) is 5.91 Å². The lowest BCUT2D eigenvalue weighted by atomic mass is 10.0. The van der Waals surface area contributed by atoms with E-state index in [4.69, 9.17) is 16.3 Å². The Hall–Kier alpha value is -3.38. The van der Waals surface area contributed by atoms with Gasteiger partial charge in [0.05, 0.1) is 16.3 Å². The number of halogens is 2. The van der Waals surface area contributed by atoms with E-state index in [0.717, 1.165) is 23.3 Å². The van der Waals surface area contributed by atoms with Crippen molar-refractivity contribution < 1.29 is 23.8 Å². The van der Waals surface area contributed by atoms with E-state index in [1.165, 1.54) is 6.07 Å². The van der Waals surface area contributed by atoms with E-state index in [9.17, 15) is 19.1 Å².